The topological polar surface area (TPSA) is 20.3 Å². The van der Waals surface area contributed by atoms with E-state index in [0.717, 1.165) is 25.9 Å². The van der Waals surface area contributed by atoms with Crippen molar-refractivity contribution in [3.8, 4) is 0 Å². The van der Waals surface area contributed by atoms with Gasteiger partial charge in [-0.05, 0) is 31.6 Å². The van der Waals surface area contributed by atoms with Gasteiger partial charge in [0.1, 0.15) is 0 Å². The van der Waals surface area contributed by atoms with Crippen LogP contribution in [-0.2, 0) is 4.79 Å². The molecule has 0 spiro atoms. The smallest absolute Gasteiger partial charge is 0.225 e. The number of piperidine rings is 1. The number of likely N-dealkylation sites (tertiary alicyclic amines) is 1. The van der Waals surface area contributed by atoms with Crippen molar-refractivity contribution in [1.29, 1.82) is 0 Å². The lowest BCUT2D eigenvalue weighted by atomic mass is 9.98. The molecule has 0 aromatic rings. The molecule has 1 saturated heterocycles. The molecule has 0 bridgehead atoms. The fourth-order valence-corrected chi connectivity index (χ4v) is 2.82. The molecule has 1 aliphatic carbocycles. The van der Waals surface area contributed by atoms with E-state index >= 15 is 0 Å². The van der Waals surface area contributed by atoms with Crippen molar-refractivity contribution in [3.63, 3.8) is 0 Å². The number of nitrogens with zero attached hydrogens (tertiary/aromatic N) is 1. The first-order valence-corrected chi connectivity index (χ1v) is 6.06. The van der Waals surface area contributed by atoms with Crippen molar-refractivity contribution < 1.29 is 4.79 Å². The van der Waals surface area contributed by atoms with Gasteiger partial charge in [-0.25, -0.2) is 0 Å². The summed E-state index contributed by atoms with van der Waals surface area (Å²) in [5, 5.41) is 0. The molecule has 2 fully saturated rings. The molecule has 0 aromatic carbocycles. The molecule has 2 heteroatoms. The van der Waals surface area contributed by atoms with Gasteiger partial charge in [0.25, 0.3) is 0 Å². The summed E-state index contributed by atoms with van der Waals surface area (Å²) in [5.74, 6) is 1.54. The van der Waals surface area contributed by atoms with Gasteiger partial charge in [0.05, 0.1) is 0 Å². The van der Waals surface area contributed by atoms with Gasteiger partial charge in [-0.15, -0.1) is 0 Å². The van der Waals surface area contributed by atoms with Gasteiger partial charge in [-0.1, -0.05) is 19.8 Å². The van der Waals surface area contributed by atoms with Crippen LogP contribution in [0.25, 0.3) is 0 Å². The van der Waals surface area contributed by atoms with E-state index in [9.17, 15) is 4.79 Å². The average molecular weight is 195 g/mol. The van der Waals surface area contributed by atoms with E-state index in [1.165, 1.54) is 25.7 Å². The number of hydrogen-bond donors (Lipinski definition) is 0. The molecule has 0 unspecified atom stereocenters. The van der Waals surface area contributed by atoms with Crippen LogP contribution in [-0.4, -0.2) is 23.9 Å². The molecular weight excluding hydrogens is 174 g/mol. The minimum Gasteiger partial charge on any atom is -0.342 e. The molecule has 1 heterocycles. The zero-order valence-corrected chi connectivity index (χ0v) is 9.17. The molecular formula is C12H21NO. The lowest BCUT2D eigenvalue weighted by Gasteiger charge is -2.32. The normalized spacial score (nSPS) is 29.5. The van der Waals surface area contributed by atoms with Crippen LogP contribution >= 0.6 is 0 Å². The maximum Gasteiger partial charge on any atom is 0.225 e. The third-order valence-corrected chi connectivity index (χ3v) is 3.67. The molecule has 0 N–H and O–H groups in total. The second-order valence-corrected chi connectivity index (χ2v) is 5.01. The van der Waals surface area contributed by atoms with Crippen molar-refractivity contribution in [1.82, 2.24) is 4.90 Å². The summed E-state index contributed by atoms with van der Waals surface area (Å²) in [5.41, 5.74) is 0. The summed E-state index contributed by atoms with van der Waals surface area (Å²) in [7, 11) is 0. The monoisotopic (exact) mass is 195 g/mol. The van der Waals surface area contributed by atoms with Gasteiger partial charge < -0.3 is 4.90 Å². The summed E-state index contributed by atoms with van der Waals surface area (Å²) in [6.45, 7) is 4.28. The molecule has 0 aromatic heterocycles. The lowest BCUT2D eigenvalue weighted by Crippen LogP contribution is -2.41. The maximum atomic E-state index is 12.1. The van der Waals surface area contributed by atoms with Crippen LogP contribution < -0.4 is 0 Å². The summed E-state index contributed by atoms with van der Waals surface area (Å²) < 4.78 is 0. The van der Waals surface area contributed by atoms with E-state index < -0.39 is 0 Å². The van der Waals surface area contributed by atoms with Crippen molar-refractivity contribution in [2.24, 2.45) is 11.8 Å². The van der Waals surface area contributed by atoms with Gasteiger partial charge in [0, 0.05) is 19.0 Å². The standard InChI is InChI=1S/C12H21NO/c1-10-5-4-8-13(9-10)12(14)11-6-2-3-7-11/h10-11H,2-9H2,1H3/t10-/m1/s1. The first-order chi connectivity index (χ1) is 6.77. The zero-order valence-electron chi connectivity index (χ0n) is 9.17. The summed E-state index contributed by atoms with van der Waals surface area (Å²) in [4.78, 5) is 14.2. The first-order valence-electron chi connectivity index (χ1n) is 6.06. The fraction of sp³-hybridized carbons (Fsp3) is 0.917. The van der Waals surface area contributed by atoms with E-state index in [2.05, 4.69) is 11.8 Å². The van der Waals surface area contributed by atoms with E-state index in [0.29, 0.717) is 17.7 Å². The van der Waals surface area contributed by atoms with Crippen molar-refractivity contribution in [3.05, 3.63) is 0 Å². The molecule has 0 radical (unpaired) electrons. The number of hydrogen-bond acceptors (Lipinski definition) is 1. The highest BCUT2D eigenvalue weighted by Crippen LogP contribution is 2.28. The Bertz CT molecular complexity index is 208. The number of rotatable bonds is 1. The Morgan fingerprint density at radius 1 is 1.14 bits per heavy atom. The fourth-order valence-electron chi connectivity index (χ4n) is 2.82. The van der Waals surface area contributed by atoms with Gasteiger partial charge >= 0.3 is 0 Å². The lowest BCUT2D eigenvalue weighted by molar-refractivity contribution is -0.137. The predicted molar refractivity (Wildman–Crippen MR) is 56.9 cm³/mol. The molecule has 1 atom stereocenters. The summed E-state index contributed by atoms with van der Waals surface area (Å²) >= 11 is 0. The van der Waals surface area contributed by atoms with Crippen LogP contribution in [0.2, 0.25) is 0 Å². The minimum atomic E-state index is 0.375. The molecule has 1 saturated carbocycles. The zero-order chi connectivity index (χ0) is 9.97. The molecule has 2 rings (SSSR count). The van der Waals surface area contributed by atoms with Crippen molar-refractivity contribution >= 4 is 5.91 Å². The number of carbonyl (C=O) groups is 1. The minimum absolute atomic E-state index is 0.375. The summed E-state index contributed by atoms with van der Waals surface area (Å²) in [6.07, 6.45) is 7.32. The Morgan fingerprint density at radius 3 is 2.50 bits per heavy atom. The second-order valence-electron chi connectivity index (χ2n) is 5.01. The van der Waals surface area contributed by atoms with Crippen LogP contribution in [0.3, 0.4) is 0 Å². The Labute approximate surface area is 86.7 Å². The number of amides is 1. The van der Waals surface area contributed by atoms with E-state index in [4.69, 9.17) is 0 Å². The van der Waals surface area contributed by atoms with E-state index in [1.807, 2.05) is 0 Å². The Balaban J connectivity index is 1.89. The Morgan fingerprint density at radius 2 is 1.86 bits per heavy atom. The van der Waals surface area contributed by atoms with Crippen LogP contribution in [0.5, 0.6) is 0 Å². The van der Waals surface area contributed by atoms with Crippen molar-refractivity contribution in [2.45, 2.75) is 45.4 Å². The molecule has 1 aliphatic heterocycles. The quantitative estimate of drug-likeness (QED) is 0.629. The summed E-state index contributed by atoms with van der Waals surface area (Å²) in [6, 6.07) is 0. The molecule has 80 valence electrons. The van der Waals surface area contributed by atoms with Gasteiger partial charge in [0.2, 0.25) is 5.91 Å². The van der Waals surface area contributed by atoms with E-state index in [1.54, 1.807) is 0 Å². The van der Waals surface area contributed by atoms with Gasteiger partial charge in [-0.3, -0.25) is 4.79 Å². The predicted octanol–water partition coefficient (Wildman–Crippen LogP) is 2.44. The molecule has 14 heavy (non-hydrogen) atoms. The van der Waals surface area contributed by atoms with Gasteiger partial charge in [0.15, 0.2) is 0 Å². The second kappa shape index (κ2) is 4.33. The third-order valence-electron chi connectivity index (χ3n) is 3.67. The SMILES string of the molecule is C[C@@H]1CCCN(C(=O)C2CCCC2)C1. The largest absolute Gasteiger partial charge is 0.342 e. The molecule has 2 aliphatic rings. The third kappa shape index (κ3) is 2.10. The highest BCUT2D eigenvalue weighted by Gasteiger charge is 2.29. The maximum absolute atomic E-state index is 12.1. The van der Waals surface area contributed by atoms with Crippen LogP contribution in [0, 0.1) is 11.8 Å². The van der Waals surface area contributed by atoms with Crippen molar-refractivity contribution in [2.75, 3.05) is 13.1 Å². The number of carbonyl (C=O) groups excluding carboxylic acids is 1. The highest BCUT2D eigenvalue weighted by atomic mass is 16.2. The highest BCUT2D eigenvalue weighted by molar-refractivity contribution is 5.79. The van der Waals surface area contributed by atoms with Crippen LogP contribution in [0.1, 0.15) is 45.4 Å². The Hall–Kier alpha value is -0.530. The van der Waals surface area contributed by atoms with Gasteiger partial charge in [-0.2, -0.15) is 0 Å². The first kappa shape index (κ1) is 10.0. The van der Waals surface area contributed by atoms with E-state index in [-0.39, 0.29) is 0 Å². The molecule has 1 amide bonds. The van der Waals surface area contributed by atoms with Crippen LogP contribution in [0.4, 0.5) is 0 Å². The Kier molecular flexibility index (Phi) is 3.09. The van der Waals surface area contributed by atoms with Crippen LogP contribution in [0.15, 0.2) is 0 Å². The molecule has 2 nitrogen and oxygen atoms in total. The average Bonchev–Trinajstić information content (AvgIpc) is 2.69.